The molecule has 2 saturated heterocycles. The summed E-state index contributed by atoms with van der Waals surface area (Å²) >= 11 is 12.9. The van der Waals surface area contributed by atoms with Gasteiger partial charge in [0.05, 0.1) is 29.6 Å². The molecule has 8 heteroatoms. The van der Waals surface area contributed by atoms with Crippen LogP contribution < -0.4 is 19.9 Å². The van der Waals surface area contributed by atoms with E-state index in [4.69, 9.17) is 33.5 Å². The van der Waals surface area contributed by atoms with Crippen molar-refractivity contribution in [3.63, 3.8) is 0 Å². The molecule has 2 aromatic heterocycles. The van der Waals surface area contributed by atoms with E-state index in [9.17, 15) is 0 Å². The summed E-state index contributed by atoms with van der Waals surface area (Å²) in [4.78, 5) is 9.27. The summed E-state index contributed by atoms with van der Waals surface area (Å²) < 4.78 is 7.70. The number of piperidine rings is 1. The quantitative estimate of drug-likeness (QED) is 0.259. The zero-order valence-corrected chi connectivity index (χ0v) is 23.7. The first-order chi connectivity index (χ1) is 19.0. The maximum Gasteiger partial charge on any atom is 0.174 e. The van der Waals surface area contributed by atoms with E-state index < -0.39 is 0 Å². The Hall–Kier alpha value is -3.55. The van der Waals surface area contributed by atoms with Gasteiger partial charge in [-0.2, -0.15) is 0 Å². The Morgan fingerprint density at radius 3 is 2.56 bits per heavy atom. The molecule has 4 aromatic rings. The molecule has 1 N–H and O–H groups in total. The number of ether oxygens (including phenoxy) is 1. The third-order valence-corrected chi connectivity index (χ3v) is 8.46. The molecule has 0 saturated carbocycles. The van der Waals surface area contributed by atoms with Gasteiger partial charge in [-0.05, 0) is 85.6 Å². The number of rotatable bonds is 6. The normalized spacial score (nSPS) is 19.8. The Bertz CT molecular complexity index is 1470. The smallest absolute Gasteiger partial charge is 0.174 e. The van der Waals surface area contributed by atoms with Gasteiger partial charge in [0.25, 0.3) is 0 Å². The van der Waals surface area contributed by atoms with Crippen molar-refractivity contribution in [2.45, 2.75) is 31.8 Å². The lowest BCUT2D eigenvalue weighted by atomic mass is 9.98. The fraction of sp³-hybridized carbons (Fsp3) is 0.290. The number of pyridine rings is 1. The van der Waals surface area contributed by atoms with Gasteiger partial charge in [-0.15, -0.1) is 0 Å². The maximum atomic E-state index is 6.95. The van der Waals surface area contributed by atoms with E-state index in [1.54, 1.807) is 7.11 Å². The monoisotopic (exact) mass is 557 g/mol. The number of nitrogens with zero attached hydrogens (tertiary/aromatic N) is 4. The molecule has 2 aliphatic rings. The Morgan fingerprint density at radius 2 is 1.82 bits per heavy atom. The summed E-state index contributed by atoms with van der Waals surface area (Å²) in [7, 11) is 1.69. The lowest BCUT2D eigenvalue weighted by Gasteiger charge is -2.33. The predicted molar refractivity (Wildman–Crippen MR) is 162 cm³/mol. The van der Waals surface area contributed by atoms with Crippen molar-refractivity contribution in [2.75, 3.05) is 30.0 Å². The van der Waals surface area contributed by atoms with Gasteiger partial charge in [0, 0.05) is 48.6 Å². The van der Waals surface area contributed by atoms with Crippen molar-refractivity contribution in [1.29, 1.82) is 0 Å². The molecule has 200 valence electrons. The molecule has 0 unspecified atom stereocenters. The highest BCUT2D eigenvalue weighted by atomic mass is 35.5. The molecule has 0 bridgehead atoms. The van der Waals surface area contributed by atoms with Crippen LogP contribution in [0.5, 0.6) is 5.75 Å². The molecule has 0 radical (unpaired) electrons. The van der Waals surface area contributed by atoms with Crippen LogP contribution in [0.3, 0.4) is 0 Å². The van der Waals surface area contributed by atoms with Crippen LogP contribution in [0.15, 0.2) is 85.2 Å². The molecule has 2 aliphatic heterocycles. The number of hydrogen-bond donors (Lipinski definition) is 1. The van der Waals surface area contributed by atoms with Gasteiger partial charge in [0.15, 0.2) is 5.11 Å². The number of aromatic nitrogens is 2. The van der Waals surface area contributed by atoms with E-state index in [-0.39, 0.29) is 12.1 Å². The first-order valence-electron chi connectivity index (χ1n) is 13.4. The minimum absolute atomic E-state index is 0.153. The van der Waals surface area contributed by atoms with Crippen LogP contribution in [0.1, 0.15) is 43.2 Å². The molecule has 2 atom stereocenters. The van der Waals surface area contributed by atoms with Gasteiger partial charge in [-0.25, -0.2) is 0 Å². The van der Waals surface area contributed by atoms with Crippen LogP contribution >= 0.6 is 23.8 Å². The lowest BCUT2D eigenvalue weighted by Crippen LogP contribution is -2.33. The van der Waals surface area contributed by atoms with E-state index in [0.717, 1.165) is 58.2 Å². The zero-order chi connectivity index (χ0) is 26.9. The molecular formula is C31H32ClN5OS. The van der Waals surface area contributed by atoms with Crippen molar-refractivity contribution in [3.05, 3.63) is 102 Å². The second-order valence-corrected chi connectivity index (χ2v) is 11.1. The number of thiocarbonyl (C=S) groups is 1. The first-order valence-corrected chi connectivity index (χ1v) is 14.2. The number of anilines is 2. The van der Waals surface area contributed by atoms with Gasteiger partial charge in [-0.3, -0.25) is 4.98 Å². The van der Waals surface area contributed by atoms with E-state index in [1.165, 1.54) is 12.8 Å². The van der Waals surface area contributed by atoms with E-state index >= 15 is 0 Å². The van der Waals surface area contributed by atoms with Gasteiger partial charge < -0.3 is 24.4 Å². The third-order valence-electron chi connectivity index (χ3n) is 7.85. The van der Waals surface area contributed by atoms with Crippen LogP contribution in [0.2, 0.25) is 5.02 Å². The summed E-state index contributed by atoms with van der Waals surface area (Å²) in [5, 5.41) is 4.95. The number of halogens is 1. The topological polar surface area (TPSA) is 45.6 Å². The zero-order valence-electron chi connectivity index (χ0n) is 22.1. The second-order valence-electron chi connectivity index (χ2n) is 10.3. The molecule has 2 fully saturated rings. The molecular weight excluding hydrogens is 526 g/mol. The molecule has 4 heterocycles. The van der Waals surface area contributed by atoms with Crippen molar-refractivity contribution in [3.8, 4) is 11.4 Å². The lowest BCUT2D eigenvalue weighted by molar-refractivity contribution is 0.414. The molecule has 6 nitrogen and oxygen atoms in total. The maximum absolute atomic E-state index is 6.95. The number of nitrogens with one attached hydrogen (secondary N) is 1. The first kappa shape index (κ1) is 25.7. The summed E-state index contributed by atoms with van der Waals surface area (Å²) in [6.45, 7) is 4.38. The van der Waals surface area contributed by atoms with E-state index in [1.807, 2.05) is 42.6 Å². The van der Waals surface area contributed by atoms with Crippen LogP contribution in [-0.2, 0) is 0 Å². The fourth-order valence-corrected chi connectivity index (χ4v) is 6.36. The number of hydrogen-bond acceptors (Lipinski definition) is 4. The Labute approximate surface area is 240 Å². The molecule has 2 aromatic carbocycles. The van der Waals surface area contributed by atoms with Crippen molar-refractivity contribution < 1.29 is 4.74 Å². The minimum atomic E-state index is -0.161. The van der Waals surface area contributed by atoms with E-state index in [0.29, 0.717) is 5.11 Å². The van der Waals surface area contributed by atoms with Crippen molar-refractivity contribution in [2.24, 2.45) is 5.92 Å². The second kappa shape index (κ2) is 10.9. The van der Waals surface area contributed by atoms with Crippen molar-refractivity contribution >= 4 is 40.3 Å². The SMILES string of the molecule is COc1cccc(-n2cccc2[C@H]2[C@@H](c3ccccn3)NC(=S)N2c2ccc(N3CCC(C)CC3)c(Cl)c2)c1. The molecule has 0 amide bonds. The Morgan fingerprint density at radius 1 is 0.974 bits per heavy atom. The number of methoxy groups -OCH3 is 1. The van der Waals surface area contributed by atoms with Gasteiger partial charge in [0.1, 0.15) is 11.8 Å². The third kappa shape index (κ3) is 4.97. The van der Waals surface area contributed by atoms with Crippen LogP contribution in [0.4, 0.5) is 11.4 Å². The average molecular weight is 558 g/mol. The fourth-order valence-electron chi connectivity index (χ4n) is 5.72. The largest absolute Gasteiger partial charge is 0.497 e. The highest BCUT2D eigenvalue weighted by Gasteiger charge is 2.42. The van der Waals surface area contributed by atoms with Gasteiger partial charge in [-0.1, -0.05) is 30.7 Å². The summed E-state index contributed by atoms with van der Waals surface area (Å²) in [6, 6.07) is 24.3. The summed E-state index contributed by atoms with van der Waals surface area (Å²) in [5.74, 6) is 1.57. The molecule has 0 spiro atoms. The van der Waals surface area contributed by atoms with Gasteiger partial charge >= 0.3 is 0 Å². The van der Waals surface area contributed by atoms with Crippen LogP contribution in [0, 0.1) is 5.92 Å². The standard InChI is InChI=1S/C31H32ClN5OS/c1-21-13-17-35(18-14-21)27-12-11-23(20-25(27)32)37-30(29(34-31(37)39)26-9-3-4-15-33-26)28-10-6-16-36(28)22-7-5-8-24(19-22)38-2/h3-12,15-16,19-21,29-30H,13-14,17-18H2,1-2H3,(H,34,39)/t29-,30+/m1/s1. The van der Waals surface area contributed by atoms with Crippen molar-refractivity contribution in [1.82, 2.24) is 14.9 Å². The molecule has 0 aliphatic carbocycles. The van der Waals surface area contributed by atoms with Crippen LogP contribution in [-0.4, -0.2) is 34.9 Å². The average Bonchev–Trinajstić information content (AvgIpc) is 3.58. The highest BCUT2D eigenvalue weighted by Crippen LogP contribution is 2.44. The summed E-state index contributed by atoms with van der Waals surface area (Å²) in [6.07, 6.45) is 6.28. The van der Waals surface area contributed by atoms with Gasteiger partial charge in [0.2, 0.25) is 0 Å². The minimum Gasteiger partial charge on any atom is -0.497 e. The van der Waals surface area contributed by atoms with E-state index in [2.05, 4.69) is 69.2 Å². The molecule has 39 heavy (non-hydrogen) atoms. The molecule has 6 rings (SSSR count). The highest BCUT2D eigenvalue weighted by molar-refractivity contribution is 7.80. The predicted octanol–water partition coefficient (Wildman–Crippen LogP) is 6.95. The Kier molecular flexibility index (Phi) is 7.19. The Balaban J connectivity index is 1.42. The summed E-state index contributed by atoms with van der Waals surface area (Å²) in [5.41, 5.74) is 5.06. The van der Waals surface area contributed by atoms with Crippen LogP contribution in [0.25, 0.3) is 5.69 Å². The number of benzene rings is 2.